The molecular formula is C4H6F3O2P. The zero-order valence-electron chi connectivity index (χ0n) is 5.18. The third kappa shape index (κ3) is 2.54. The van der Waals surface area contributed by atoms with Gasteiger partial charge in [0.1, 0.15) is 6.33 Å². The Morgan fingerprint density at radius 3 is 2.60 bits per heavy atom. The third-order valence-corrected chi connectivity index (χ3v) is 1.84. The molecule has 0 rings (SSSR count). The van der Waals surface area contributed by atoms with Crippen molar-refractivity contribution in [3.05, 3.63) is 11.9 Å². The minimum Gasteiger partial charge on any atom is -0.301 e. The van der Waals surface area contributed by atoms with Crippen LogP contribution in [-0.4, -0.2) is 6.61 Å². The highest BCUT2D eigenvalue weighted by Crippen LogP contribution is 2.57. The van der Waals surface area contributed by atoms with Crippen LogP contribution in [-0.2, 0) is 9.09 Å². The Labute approximate surface area is 56.3 Å². The molecule has 60 valence electrons. The van der Waals surface area contributed by atoms with Gasteiger partial charge in [-0.15, -0.1) is 4.20 Å². The molecule has 1 unspecified atom stereocenters. The van der Waals surface area contributed by atoms with E-state index in [0.717, 1.165) is 0 Å². The standard InChI is InChI=1S/C4H6F3O2P/c1-2-9-10(7,8)4(6)3-5/h3H,2H2,1H3/b4-3+. The summed E-state index contributed by atoms with van der Waals surface area (Å²) in [5.41, 5.74) is -1.99. The van der Waals surface area contributed by atoms with Crippen LogP contribution in [0.1, 0.15) is 6.92 Å². The van der Waals surface area contributed by atoms with Gasteiger partial charge in [-0.3, -0.25) is 0 Å². The third-order valence-electron chi connectivity index (χ3n) is 0.640. The van der Waals surface area contributed by atoms with Gasteiger partial charge in [-0.25, -0.2) is 8.96 Å². The van der Waals surface area contributed by atoms with Gasteiger partial charge in [-0.05, 0) is 6.92 Å². The van der Waals surface area contributed by atoms with Crippen LogP contribution in [0.5, 0.6) is 0 Å². The summed E-state index contributed by atoms with van der Waals surface area (Å²) in [6.07, 6.45) is -0.712. The van der Waals surface area contributed by atoms with E-state index in [0.29, 0.717) is 0 Å². The van der Waals surface area contributed by atoms with E-state index in [1.54, 1.807) is 0 Å². The summed E-state index contributed by atoms with van der Waals surface area (Å²) < 4.78 is 49.1. The van der Waals surface area contributed by atoms with Gasteiger partial charge in [-0.1, -0.05) is 0 Å². The normalized spacial score (nSPS) is 18.6. The van der Waals surface area contributed by atoms with Crippen molar-refractivity contribution in [1.29, 1.82) is 0 Å². The van der Waals surface area contributed by atoms with Gasteiger partial charge in [0.05, 0.1) is 6.61 Å². The van der Waals surface area contributed by atoms with Gasteiger partial charge in [0.25, 0.3) is 0 Å². The number of hydrogen-bond acceptors (Lipinski definition) is 2. The smallest absolute Gasteiger partial charge is 0.301 e. The van der Waals surface area contributed by atoms with E-state index < -0.39 is 19.6 Å². The van der Waals surface area contributed by atoms with Crippen LogP contribution in [0.25, 0.3) is 0 Å². The summed E-state index contributed by atoms with van der Waals surface area (Å²) in [4.78, 5) is 0. The summed E-state index contributed by atoms with van der Waals surface area (Å²) in [5.74, 6) is 0. The topological polar surface area (TPSA) is 26.3 Å². The summed E-state index contributed by atoms with van der Waals surface area (Å²) >= 11 is 0. The van der Waals surface area contributed by atoms with Gasteiger partial charge >= 0.3 is 7.68 Å². The molecule has 0 aromatic heterocycles. The molecule has 0 spiro atoms. The molecule has 0 heterocycles. The molecule has 6 heteroatoms. The minimum absolute atomic E-state index is 0.269. The molecule has 0 aromatic carbocycles. The summed E-state index contributed by atoms with van der Waals surface area (Å²) in [6.45, 7) is 1.05. The highest BCUT2D eigenvalue weighted by atomic mass is 31.2. The Morgan fingerprint density at radius 2 is 2.30 bits per heavy atom. The van der Waals surface area contributed by atoms with Crippen molar-refractivity contribution < 1.29 is 22.1 Å². The Balaban J connectivity index is 4.26. The molecule has 0 bridgehead atoms. The fraction of sp³-hybridized carbons (Fsp3) is 0.500. The van der Waals surface area contributed by atoms with Crippen molar-refractivity contribution >= 4 is 7.68 Å². The first-order valence-corrected chi connectivity index (χ1v) is 3.97. The molecule has 0 radical (unpaired) electrons. The van der Waals surface area contributed by atoms with Crippen molar-refractivity contribution in [3.63, 3.8) is 0 Å². The van der Waals surface area contributed by atoms with Crippen molar-refractivity contribution in [3.8, 4) is 0 Å². The lowest BCUT2D eigenvalue weighted by molar-refractivity contribution is 0.301. The number of rotatable bonds is 3. The van der Waals surface area contributed by atoms with E-state index in [1.807, 2.05) is 0 Å². The molecule has 2 nitrogen and oxygen atoms in total. The molecule has 0 aromatic rings. The average molecular weight is 174 g/mol. The first kappa shape index (κ1) is 9.72. The number of hydrogen-bond donors (Lipinski definition) is 0. The molecule has 0 aliphatic carbocycles. The molecule has 0 aliphatic rings. The fourth-order valence-electron chi connectivity index (χ4n) is 0.286. The van der Waals surface area contributed by atoms with Crippen molar-refractivity contribution in [2.24, 2.45) is 0 Å². The van der Waals surface area contributed by atoms with E-state index in [1.165, 1.54) is 6.92 Å². The molecular weight excluding hydrogens is 168 g/mol. The SMILES string of the molecule is CCOP(=O)(F)/C(F)=C/F. The summed E-state index contributed by atoms with van der Waals surface area (Å²) in [6, 6.07) is 0. The largest absolute Gasteiger partial charge is 0.427 e. The van der Waals surface area contributed by atoms with Crippen LogP contribution in [0.4, 0.5) is 13.0 Å². The Hall–Kier alpha value is -0.280. The van der Waals surface area contributed by atoms with Crippen LogP contribution < -0.4 is 0 Å². The van der Waals surface area contributed by atoms with Crippen LogP contribution in [0, 0.1) is 0 Å². The lowest BCUT2D eigenvalue weighted by atomic mass is 10.9. The van der Waals surface area contributed by atoms with Crippen LogP contribution in [0.15, 0.2) is 11.9 Å². The van der Waals surface area contributed by atoms with E-state index in [9.17, 15) is 17.5 Å². The van der Waals surface area contributed by atoms with Crippen molar-refractivity contribution in [2.75, 3.05) is 6.61 Å². The lowest BCUT2D eigenvalue weighted by Crippen LogP contribution is -1.83. The molecule has 0 amide bonds. The molecule has 0 N–H and O–H groups in total. The molecule has 1 atom stereocenters. The van der Waals surface area contributed by atoms with Crippen LogP contribution >= 0.6 is 7.68 Å². The van der Waals surface area contributed by atoms with E-state index >= 15 is 0 Å². The highest BCUT2D eigenvalue weighted by Gasteiger charge is 2.28. The highest BCUT2D eigenvalue weighted by molar-refractivity contribution is 7.57. The average Bonchev–Trinajstić information content (AvgIpc) is 1.86. The minimum atomic E-state index is -4.96. The van der Waals surface area contributed by atoms with Gasteiger partial charge in [0, 0.05) is 0 Å². The van der Waals surface area contributed by atoms with Gasteiger partial charge in [-0.2, -0.15) is 4.39 Å². The monoisotopic (exact) mass is 174 g/mol. The Morgan fingerprint density at radius 1 is 1.80 bits per heavy atom. The van der Waals surface area contributed by atoms with Crippen molar-refractivity contribution in [1.82, 2.24) is 0 Å². The van der Waals surface area contributed by atoms with Gasteiger partial charge in [0.15, 0.2) is 0 Å². The molecule has 0 saturated carbocycles. The van der Waals surface area contributed by atoms with E-state index in [-0.39, 0.29) is 6.61 Å². The zero-order chi connectivity index (χ0) is 8.20. The second-order valence-electron chi connectivity index (χ2n) is 1.33. The first-order valence-electron chi connectivity index (χ1n) is 2.45. The molecule has 0 aliphatic heterocycles. The second-order valence-corrected chi connectivity index (χ2v) is 2.97. The zero-order valence-corrected chi connectivity index (χ0v) is 6.08. The first-order chi connectivity index (χ1) is 4.54. The summed E-state index contributed by atoms with van der Waals surface area (Å²) in [5, 5.41) is 0. The van der Waals surface area contributed by atoms with Crippen LogP contribution in [0.3, 0.4) is 0 Å². The maximum atomic E-state index is 12.1. The van der Waals surface area contributed by atoms with Crippen LogP contribution in [0.2, 0.25) is 0 Å². The number of halogens is 3. The van der Waals surface area contributed by atoms with E-state index in [2.05, 4.69) is 4.52 Å². The quantitative estimate of drug-likeness (QED) is 0.614. The predicted molar refractivity (Wildman–Crippen MR) is 30.6 cm³/mol. The Kier molecular flexibility index (Phi) is 3.68. The summed E-state index contributed by atoms with van der Waals surface area (Å²) in [7, 11) is -4.96. The van der Waals surface area contributed by atoms with Gasteiger partial charge in [0.2, 0.25) is 5.57 Å². The predicted octanol–water partition coefficient (Wildman–Crippen LogP) is 2.92. The molecule has 0 fully saturated rings. The second kappa shape index (κ2) is 3.78. The maximum absolute atomic E-state index is 12.1. The van der Waals surface area contributed by atoms with Crippen molar-refractivity contribution in [2.45, 2.75) is 6.92 Å². The van der Waals surface area contributed by atoms with Gasteiger partial charge < -0.3 is 4.52 Å². The molecule has 10 heavy (non-hydrogen) atoms. The maximum Gasteiger partial charge on any atom is 0.427 e. The van der Waals surface area contributed by atoms with E-state index in [4.69, 9.17) is 0 Å². The lowest BCUT2D eigenvalue weighted by Gasteiger charge is -2.02. The Bertz CT molecular complexity index is 179. The molecule has 0 saturated heterocycles. The fourth-order valence-corrected chi connectivity index (χ4v) is 0.858.